The van der Waals surface area contributed by atoms with Crippen LogP contribution in [-0.2, 0) is 4.74 Å². The molecular formula is C26H33N5O4. The van der Waals surface area contributed by atoms with E-state index in [0.29, 0.717) is 56.1 Å². The molecule has 9 heteroatoms. The summed E-state index contributed by atoms with van der Waals surface area (Å²) in [5, 5.41) is 6.35. The van der Waals surface area contributed by atoms with Crippen LogP contribution in [0.3, 0.4) is 0 Å². The number of ether oxygens (including phenoxy) is 1. The van der Waals surface area contributed by atoms with Crippen molar-refractivity contribution in [3.8, 4) is 0 Å². The molecule has 0 aromatic heterocycles. The molecule has 2 saturated heterocycles. The molecule has 0 radical (unpaired) electrons. The molecule has 2 N–H and O–H groups in total. The van der Waals surface area contributed by atoms with Crippen molar-refractivity contribution < 1.29 is 19.1 Å². The van der Waals surface area contributed by atoms with Crippen LogP contribution in [0.15, 0.2) is 48.5 Å². The molecule has 0 aliphatic carbocycles. The molecule has 0 saturated carbocycles. The van der Waals surface area contributed by atoms with Crippen molar-refractivity contribution in [1.29, 1.82) is 0 Å². The summed E-state index contributed by atoms with van der Waals surface area (Å²) in [5.74, 6) is -0.273. The number of nitrogens with one attached hydrogen (secondary N) is 2. The summed E-state index contributed by atoms with van der Waals surface area (Å²) in [6.45, 7) is 5.46. The topological polar surface area (TPSA) is 94.2 Å². The summed E-state index contributed by atoms with van der Waals surface area (Å²) in [7, 11) is 1.39. The fraction of sp³-hybridized carbons (Fsp3) is 0.423. The van der Waals surface area contributed by atoms with Crippen molar-refractivity contribution in [3.63, 3.8) is 0 Å². The normalized spacial score (nSPS) is 16.8. The lowest BCUT2D eigenvalue weighted by Crippen LogP contribution is -2.35. The summed E-state index contributed by atoms with van der Waals surface area (Å²) in [6, 6.07) is 14.5. The van der Waals surface area contributed by atoms with E-state index in [1.54, 1.807) is 23.1 Å². The summed E-state index contributed by atoms with van der Waals surface area (Å²) >= 11 is 0. The predicted octanol–water partition coefficient (Wildman–Crippen LogP) is 2.65. The van der Waals surface area contributed by atoms with Crippen molar-refractivity contribution in [1.82, 2.24) is 15.1 Å². The quantitative estimate of drug-likeness (QED) is 0.700. The summed E-state index contributed by atoms with van der Waals surface area (Å²) < 4.78 is 4.89. The standard InChI is InChI=1S/C26H33N5O4/c1-35-26(34)31-15-6-14-29(17-18-31)23-10-9-21(25(33)30-13-5-11-27-12-16-30)19-22(23)28-24(32)20-7-3-2-4-8-20/h2-4,7-10,19,27H,5-6,11-18H2,1H3,(H,28,32). The third-order valence-corrected chi connectivity index (χ3v) is 6.42. The largest absolute Gasteiger partial charge is 0.453 e. The summed E-state index contributed by atoms with van der Waals surface area (Å²) in [5.41, 5.74) is 2.51. The molecule has 0 bridgehead atoms. The van der Waals surface area contributed by atoms with Crippen LogP contribution in [0.4, 0.5) is 16.2 Å². The van der Waals surface area contributed by atoms with Gasteiger partial charge in [0.2, 0.25) is 0 Å². The molecule has 2 aromatic carbocycles. The molecular weight excluding hydrogens is 446 g/mol. The van der Waals surface area contributed by atoms with Crippen molar-refractivity contribution in [3.05, 3.63) is 59.7 Å². The van der Waals surface area contributed by atoms with Gasteiger partial charge in [0.25, 0.3) is 11.8 Å². The number of hydrogen-bond donors (Lipinski definition) is 2. The Kier molecular flexibility index (Phi) is 8.20. The van der Waals surface area contributed by atoms with E-state index in [2.05, 4.69) is 15.5 Å². The van der Waals surface area contributed by atoms with E-state index in [4.69, 9.17) is 4.74 Å². The van der Waals surface area contributed by atoms with E-state index in [1.807, 2.05) is 35.2 Å². The molecule has 2 aliphatic rings. The first-order valence-electron chi connectivity index (χ1n) is 12.1. The Hall–Kier alpha value is -3.59. The maximum absolute atomic E-state index is 13.3. The van der Waals surface area contributed by atoms with Crippen LogP contribution in [0, 0.1) is 0 Å². The van der Waals surface area contributed by atoms with Gasteiger partial charge in [0.15, 0.2) is 0 Å². The van der Waals surface area contributed by atoms with E-state index in [-0.39, 0.29) is 17.9 Å². The second kappa shape index (κ2) is 11.7. The fourth-order valence-electron chi connectivity index (χ4n) is 4.53. The highest BCUT2D eigenvalue weighted by molar-refractivity contribution is 6.07. The van der Waals surface area contributed by atoms with Gasteiger partial charge in [-0.05, 0) is 49.7 Å². The number of hydrogen-bond acceptors (Lipinski definition) is 6. The minimum atomic E-state index is -0.336. The molecule has 186 valence electrons. The van der Waals surface area contributed by atoms with Crippen LogP contribution >= 0.6 is 0 Å². The van der Waals surface area contributed by atoms with Crippen molar-refractivity contribution in [2.45, 2.75) is 12.8 Å². The summed E-state index contributed by atoms with van der Waals surface area (Å²) in [6.07, 6.45) is 1.34. The zero-order valence-corrected chi connectivity index (χ0v) is 20.2. The first-order valence-corrected chi connectivity index (χ1v) is 12.1. The van der Waals surface area contributed by atoms with Crippen LogP contribution in [-0.4, -0.2) is 87.2 Å². The van der Waals surface area contributed by atoms with E-state index < -0.39 is 0 Å². The monoisotopic (exact) mass is 479 g/mol. The number of rotatable bonds is 4. The number of carbonyl (C=O) groups excluding carboxylic acids is 3. The molecule has 3 amide bonds. The zero-order chi connectivity index (χ0) is 24.6. The van der Waals surface area contributed by atoms with Crippen LogP contribution < -0.4 is 15.5 Å². The molecule has 2 aliphatic heterocycles. The average molecular weight is 480 g/mol. The number of carbonyl (C=O) groups is 3. The first-order chi connectivity index (χ1) is 17.1. The maximum atomic E-state index is 13.3. The fourth-order valence-corrected chi connectivity index (χ4v) is 4.53. The third kappa shape index (κ3) is 6.10. The molecule has 0 spiro atoms. The molecule has 2 fully saturated rings. The Morgan fingerprint density at radius 1 is 0.829 bits per heavy atom. The third-order valence-electron chi connectivity index (χ3n) is 6.42. The second-order valence-corrected chi connectivity index (χ2v) is 8.75. The van der Waals surface area contributed by atoms with Gasteiger partial charge in [0.05, 0.1) is 18.5 Å². The Labute approximate surface area is 206 Å². The Morgan fingerprint density at radius 3 is 2.43 bits per heavy atom. The molecule has 2 aromatic rings. The number of nitrogens with zero attached hydrogens (tertiary/aromatic N) is 3. The van der Waals surface area contributed by atoms with E-state index in [0.717, 1.165) is 31.6 Å². The van der Waals surface area contributed by atoms with E-state index >= 15 is 0 Å². The molecule has 0 atom stereocenters. The number of anilines is 2. The smallest absolute Gasteiger partial charge is 0.409 e. The predicted molar refractivity (Wildman–Crippen MR) is 135 cm³/mol. The molecule has 0 unspecified atom stereocenters. The Bertz CT molecular complexity index is 1040. The Morgan fingerprint density at radius 2 is 1.63 bits per heavy atom. The highest BCUT2D eigenvalue weighted by Gasteiger charge is 2.24. The molecule has 9 nitrogen and oxygen atoms in total. The Balaban J connectivity index is 1.61. The number of amides is 3. The van der Waals surface area contributed by atoms with E-state index in [9.17, 15) is 14.4 Å². The molecule has 35 heavy (non-hydrogen) atoms. The highest BCUT2D eigenvalue weighted by Crippen LogP contribution is 2.30. The van der Waals surface area contributed by atoms with Crippen molar-refractivity contribution >= 4 is 29.3 Å². The minimum Gasteiger partial charge on any atom is -0.453 e. The lowest BCUT2D eigenvalue weighted by atomic mass is 10.1. The minimum absolute atomic E-state index is 0.0387. The SMILES string of the molecule is COC(=O)N1CCCN(c2ccc(C(=O)N3CCCNCC3)cc2NC(=O)c2ccccc2)CC1. The highest BCUT2D eigenvalue weighted by atomic mass is 16.5. The van der Waals surface area contributed by atoms with Gasteiger partial charge in [-0.15, -0.1) is 0 Å². The van der Waals surface area contributed by atoms with Gasteiger partial charge >= 0.3 is 6.09 Å². The van der Waals surface area contributed by atoms with Gasteiger partial charge in [-0.2, -0.15) is 0 Å². The number of benzene rings is 2. The maximum Gasteiger partial charge on any atom is 0.409 e. The van der Waals surface area contributed by atoms with E-state index in [1.165, 1.54) is 7.11 Å². The van der Waals surface area contributed by atoms with Gasteiger partial charge in [0, 0.05) is 56.9 Å². The van der Waals surface area contributed by atoms with Crippen LogP contribution in [0.5, 0.6) is 0 Å². The lowest BCUT2D eigenvalue weighted by molar-refractivity contribution is 0.0766. The molecule has 2 heterocycles. The number of methoxy groups -OCH3 is 1. The van der Waals surface area contributed by atoms with Gasteiger partial charge in [-0.3, -0.25) is 9.59 Å². The molecule has 4 rings (SSSR count). The van der Waals surface area contributed by atoms with Crippen LogP contribution in [0.2, 0.25) is 0 Å². The average Bonchev–Trinajstić information content (AvgIpc) is 3.32. The van der Waals surface area contributed by atoms with Crippen molar-refractivity contribution in [2.24, 2.45) is 0 Å². The van der Waals surface area contributed by atoms with Gasteiger partial charge in [-0.25, -0.2) is 4.79 Å². The zero-order valence-electron chi connectivity index (χ0n) is 20.2. The van der Waals surface area contributed by atoms with Crippen LogP contribution in [0.25, 0.3) is 0 Å². The lowest BCUT2D eigenvalue weighted by Gasteiger charge is -2.27. The second-order valence-electron chi connectivity index (χ2n) is 8.75. The van der Waals surface area contributed by atoms with Gasteiger partial charge < -0.3 is 30.1 Å². The van der Waals surface area contributed by atoms with Crippen molar-refractivity contribution in [2.75, 3.05) is 69.7 Å². The summed E-state index contributed by atoms with van der Waals surface area (Å²) in [4.78, 5) is 44.0. The van der Waals surface area contributed by atoms with Gasteiger partial charge in [-0.1, -0.05) is 18.2 Å². The van der Waals surface area contributed by atoms with Crippen LogP contribution in [0.1, 0.15) is 33.6 Å². The van der Waals surface area contributed by atoms with Gasteiger partial charge in [0.1, 0.15) is 0 Å². The first kappa shape index (κ1) is 24.5.